The Morgan fingerprint density at radius 1 is 1.21 bits per heavy atom. The molecule has 3 rings (SSSR count). The van der Waals surface area contributed by atoms with Gasteiger partial charge in [0.05, 0.1) is 16.6 Å². The van der Waals surface area contributed by atoms with E-state index in [1.165, 1.54) is 12.1 Å². The summed E-state index contributed by atoms with van der Waals surface area (Å²) < 4.78 is 0. The summed E-state index contributed by atoms with van der Waals surface area (Å²) >= 11 is 0. The molecule has 1 unspecified atom stereocenters. The summed E-state index contributed by atoms with van der Waals surface area (Å²) in [6, 6.07) is 15.5. The highest BCUT2D eigenvalue weighted by Gasteiger charge is 2.34. The van der Waals surface area contributed by atoms with Crippen molar-refractivity contribution in [3.05, 3.63) is 75.8 Å². The molecule has 0 bridgehead atoms. The van der Waals surface area contributed by atoms with Gasteiger partial charge in [0.1, 0.15) is 0 Å². The molecule has 1 saturated heterocycles. The Morgan fingerprint density at radius 2 is 1.89 bits per heavy atom. The van der Waals surface area contributed by atoms with Crippen molar-refractivity contribution in [2.24, 2.45) is 11.0 Å². The molecule has 1 heterocycles. The minimum Gasteiger partial charge on any atom is -0.338 e. The minimum absolute atomic E-state index is 0.0106. The van der Waals surface area contributed by atoms with Crippen LogP contribution in [0.2, 0.25) is 0 Å². The van der Waals surface area contributed by atoms with Crippen LogP contribution in [-0.4, -0.2) is 33.9 Å². The largest absolute Gasteiger partial charge is 0.338 e. The van der Waals surface area contributed by atoms with Crippen LogP contribution in [0.3, 0.4) is 0 Å². The van der Waals surface area contributed by atoms with Crippen LogP contribution in [0, 0.1) is 16.0 Å². The number of hydrogen-bond acceptors (Lipinski definition) is 5. The molecule has 8 heteroatoms. The molecule has 1 aliphatic heterocycles. The van der Waals surface area contributed by atoms with Gasteiger partial charge in [-0.25, -0.2) is 5.43 Å². The molecular formula is C20H20N4O4. The molecule has 2 aromatic rings. The number of likely N-dealkylation sites (tertiary alicyclic amines) is 1. The predicted molar refractivity (Wildman–Crippen MR) is 103 cm³/mol. The molecular weight excluding hydrogens is 360 g/mol. The molecule has 8 nitrogen and oxygen atoms in total. The van der Waals surface area contributed by atoms with Crippen molar-refractivity contribution in [1.82, 2.24) is 10.3 Å². The third kappa shape index (κ3) is 4.59. The second-order valence-corrected chi connectivity index (χ2v) is 6.64. The van der Waals surface area contributed by atoms with E-state index in [9.17, 15) is 19.7 Å². The van der Waals surface area contributed by atoms with E-state index >= 15 is 0 Å². The average molecular weight is 380 g/mol. The first-order chi connectivity index (χ1) is 13.4. The Kier molecular flexibility index (Phi) is 5.78. The summed E-state index contributed by atoms with van der Waals surface area (Å²) in [5, 5.41) is 14.8. The Bertz CT molecular complexity index is 910. The highest BCUT2D eigenvalue weighted by atomic mass is 16.6. The molecule has 2 aromatic carbocycles. The third-order valence-corrected chi connectivity index (χ3v) is 4.63. The van der Waals surface area contributed by atoms with E-state index in [1.807, 2.05) is 30.3 Å². The molecule has 0 saturated carbocycles. The van der Waals surface area contributed by atoms with Crippen LogP contribution in [0.5, 0.6) is 0 Å². The Balaban J connectivity index is 1.57. The van der Waals surface area contributed by atoms with Gasteiger partial charge in [-0.15, -0.1) is 0 Å². The fraction of sp³-hybridized carbons (Fsp3) is 0.250. The zero-order valence-corrected chi connectivity index (χ0v) is 15.4. The topological polar surface area (TPSA) is 105 Å². The van der Waals surface area contributed by atoms with Gasteiger partial charge in [0, 0.05) is 31.6 Å². The van der Waals surface area contributed by atoms with E-state index in [-0.39, 0.29) is 23.9 Å². The number of carbonyl (C=O) groups is 2. The van der Waals surface area contributed by atoms with Crippen LogP contribution in [0.4, 0.5) is 5.69 Å². The highest BCUT2D eigenvalue weighted by molar-refractivity contribution is 5.99. The fourth-order valence-electron chi connectivity index (χ4n) is 3.02. The summed E-state index contributed by atoms with van der Waals surface area (Å²) in [5.74, 6) is -0.824. The second kappa shape index (κ2) is 8.43. The first kappa shape index (κ1) is 19.2. The van der Waals surface area contributed by atoms with Crippen LogP contribution in [0.1, 0.15) is 24.5 Å². The predicted octanol–water partition coefficient (Wildman–Crippen LogP) is 2.48. The maximum atomic E-state index is 12.4. The molecule has 1 fully saturated rings. The van der Waals surface area contributed by atoms with Crippen molar-refractivity contribution >= 4 is 23.2 Å². The number of hydrogen-bond donors (Lipinski definition) is 1. The summed E-state index contributed by atoms with van der Waals surface area (Å²) in [5.41, 5.74) is 4.70. The average Bonchev–Trinajstić information content (AvgIpc) is 3.07. The monoisotopic (exact) mass is 380 g/mol. The number of non-ortho nitro benzene ring substituents is 1. The number of nitro benzene ring substituents is 1. The van der Waals surface area contributed by atoms with E-state index < -0.39 is 10.8 Å². The number of carbonyl (C=O) groups excluding carboxylic acids is 2. The molecule has 28 heavy (non-hydrogen) atoms. The Morgan fingerprint density at radius 3 is 2.54 bits per heavy atom. The van der Waals surface area contributed by atoms with Crippen molar-refractivity contribution < 1.29 is 14.5 Å². The van der Waals surface area contributed by atoms with Crippen LogP contribution < -0.4 is 5.43 Å². The lowest BCUT2D eigenvalue weighted by Gasteiger charge is -2.16. The van der Waals surface area contributed by atoms with Crippen LogP contribution in [0.25, 0.3) is 0 Å². The fourth-order valence-corrected chi connectivity index (χ4v) is 3.02. The number of nitrogens with one attached hydrogen (secondary N) is 1. The normalized spacial score (nSPS) is 16.9. The van der Waals surface area contributed by atoms with Crippen molar-refractivity contribution in [3.63, 3.8) is 0 Å². The van der Waals surface area contributed by atoms with Crippen molar-refractivity contribution in [1.29, 1.82) is 0 Å². The van der Waals surface area contributed by atoms with Crippen molar-refractivity contribution in [2.75, 3.05) is 6.54 Å². The summed E-state index contributed by atoms with van der Waals surface area (Å²) in [6.45, 7) is 2.53. The van der Waals surface area contributed by atoms with Gasteiger partial charge in [0.25, 0.3) is 5.69 Å². The van der Waals surface area contributed by atoms with Gasteiger partial charge in [0.15, 0.2) is 0 Å². The smallest absolute Gasteiger partial charge is 0.269 e. The number of rotatable bonds is 6. The third-order valence-electron chi connectivity index (χ3n) is 4.63. The first-order valence-electron chi connectivity index (χ1n) is 8.84. The zero-order chi connectivity index (χ0) is 20.1. The molecule has 2 amide bonds. The maximum Gasteiger partial charge on any atom is 0.269 e. The van der Waals surface area contributed by atoms with E-state index in [0.29, 0.717) is 24.4 Å². The highest BCUT2D eigenvalue weighted by Crippen LogP contribution is 2.20. The van der Waals surface area contributed by atoms with Gasteiger partial charge in [-0.05, 0) is 30.2 Å². The molecule has 1 aliphatic rings. The van der Waals surface area contributed by atoms with Gasteiger partial charge in [0.2, 0.25) is 11.8 Å². The van der Waals surface area contributed by atoms with E-state index in [0.717, 1.165) is 5.56 Å². The lowest BCUT2D eigenvalue weighted by Crippen LogP contribution is -2.30. The number of nitro groups is 1. The minimum atomic E-state index is -0.476. The van der Waals surface area contributed by atoms with Crippen molar-refractivity contribution in [2.45, 2.75) is 19.9 Å². The summed E-state index contributed by atoms with van der Waals surface area (Å²) in [4.78, 5) is 36.5. The van der Waals surface area contributed by atoms with Gasteiger partial charge >= 0.3 is 0 Å². The zero-order valence-electron chi connectivity index (χ0n) is 15.4. The molecule has 0 radical (unpaired) electrons. The second-order valence-electron chi connectivity index (χ2n) is 6.64. The molecule has 1 N–H and O–H groups in total. The van der Waals surface area contributed by atoms with E-state index in [1.54, 1.807) is 24.0 Å². The number of nitrogens with zero attached hydrogens (tertiary/aromatic N) is 3. The summed E-state index contributed by atoms with van der Waals surface area (Å²) in [6.07, 6.45) is 0.158. The van der Waals surface area contributed by atoms with Gasteiger partial charge in [-0.2, -0.15) is 5.10 Å². The first-order valence-corrected chi connectivity index (χ1v) is 8.84. The molecule has 1 atom stereocenters. The quantitative estimate of drug-likeness (QED) is 0.472. The standard InChI is InChI=1S/C20H20N4O4/c1-14(16-7-9-18(10-8-16)24(27)28)21-22-20(26)17-11-19(25)23(13-17)12-15-5-3-2-4-6-15/h2-10,17H,11-13H2,1H3,(H,22,26). The molecule has 0 aliphatic carbocycles. The Labute approximate surface area is 162 Å². The van der Waals surface area contributed by atoms with Gasteiger partial charge in [-0.1, -0.05) is 30.3 Å². The van der Waals surface area contributed by atoms with Gasteiger partial charge < -0.3 is 4.90 Å². The van der Waals surface area contributed by atoms with Gasteiger partial charge in [-0.3, -0.25) is 19.7 Å². The van der Waals surface area contributed by atoms with E-state index in [2.05, 4.69) is 10.5 Å². The van der Waals surface area contributed by atoms with Crippen LogP contribution in [0.15, 0.2) is 59.7 Å². The number of benzene rings is 2. The lowest BCUT2D eigenvalue weighted by molar-refractivity contribution is -0.384. The maximum absolute atomic E-state index is 12.4. The lowest BCUT2D eigenvalue weighted by atomic mass is 10.1. The number of amides is 2. The molecule has 0 aromatic heterocycles. The molecule has 0 spiro atoms. The van der Waals surface area contributed by atoms with Crippen LogP contribution in [-0.2, 0) is 16.1 Å². The SMILES string of the molecule is CC(=NNC(=O)C1CC(=O)N(Cc2ccccc2)C1)c1ccc([N+](=O)[O-])cc1. The number of hydrazone groups is 1. The Hall–Kier alpha value is -3.55. The van der Waals surface area contributed by atoms with E-state index in [4.69, 9.17) is 0 Å². The summed E-state index contributed by atoms with van der Waals surface area (Å²) in [7, 11) is 0. The molecule has 144 valence electrons. The van der Waals surface area contributed by atoms with Crippen LogP contribution >= 0.6 is 0 Å². The van der Waals surface area contributed by atoms with Crippen molar-refractivity contribution in [3.8, 4) is 0 Å².